The summed E-state index contributed by atoms with van der Waals surface area (Å²) < 4.78 is 7.45. The van der Waals surface area contributed by atoms with Crippen LogP contribution in [0.3, 0.4) is 0 Å². The third-order valence-electron chi connectivity index (χ3n) is 4.70. The van der Waals surface area contributed by atoms with Crippen LogP contribution in [0.5, 0.6) is 0 Å². The Hall–Kier alpha value is -3.48. The lowest BCUT2D eigenvalue weighted by atomic mass is 10.1. The first kappa shape index (κ1) is 18.9. The molecule has 29 heavy (non-hydrogen) atoms. The van der Waals surface area contributed by atoms with Crippen LogP contribution in [0, 0.1) is 0 Å². The van der Waals surface area contributed by atoms with Gasteiger partial charge in [-0.25, -0.2) is 14.6 Å². The highest BCUT2D eigenvalue weighted by Gasteiger charge is 2.12. The van der Waals surface area contributed by atoms with Crippen LogP contribution in [0.25, 0.3) is 22.5 Å². The van der Waals surface area contributed by atoms with Gasteiger partial charge >= 0.3 is 0 Å². The van der Waals surface area contributed by atoms with E-state index in [0.29, 0.717) is 24.4 Å². The molecular weight excluding hydrogens is 366 g/mol. The van der Waals surface area contributed by atoms with Crippen LogP contribution in [0.4, 0.5) is 0 Å². The van der Waals surface area contributed by atoms with Gasteiger partial charge in [-0.2, -0.15) is 5.10 Å². The molecule has 0 saturated heterocycles. The van der Waals surface area contributed by atoms with Gasteiger partial charge < -0.3 is 9.73 Å². The van der Waals surface area contributed by atoms with E-state index in [9.17, 15) is 4.79 Å². The van der Waals surface area contributed by atoms with E-state index < -0.39 is 0 Å². The van der Waals surface area contributed by atoms with Crippen LogP contribution in [0.1, 0.15) is 35.4 Å². The second-order valence-electron chi connectivity index (χ2n) is 6.84. The fourth-order valence-electron chi connectivity index (χ4n) is 3.21. The summed E-state index contributed by atoms with van der Waals surface area (Å²) in [5, 5.41) is 7.34. The molecule has 0 atom stereocenters. The monoisotopic (exact) mass is 389 g/mol. The van der Waals surface area contributed by atoms with Crippen LogP contribution in [0.15, 0.2) is 52.9 Å². The van der Waals surface area contributed by atoms with Gasteiger partial charge in [-0.05, 0) is 30.7 Å². The Bertz CT molecular complexity index is 1110. The van der Waals surface area contributed by atoms with Crippen LogP contribution >= 0.6 is 0 Å². The molecule has 0 radical (unpaired) electrons. The Morgan fingerprint density at radius 3 is 2.79 bits per heavy atom. The Morgan fingerprint density at radius 2 is 2.00 bits per heavy atom. The molecule has 1 N–H and O–H groups in total. The molecule has 4 rings (SSSR count). The van der Waals surface area contributed by atoms with Gasteiger partial charge in [0.25, 0.3) is 5.91 Å². The number of amides is 1. The number of oxazole rings is 1. The number of aromatic nitrogens is 4. The minimum absolute atomic E-state index is 0.109. The molecule has 7 heteroatoms. The largest absolute Gasteiger partial charge is 0.441 e. The first-order chi connectivity index (χ1) is 14.1. The van der Waals surface area contributed by atoms with Crippen LogP contribution in [-0.4, -0.2) is 32.2 Å². The van der Waals surface area contributed by atoms with E-state index in [2.05, 4.69) is 20.4 Å². The summed E-state index contributed by atoms with van der Waals surface area (Å²) in [4.78, 5) is 21.5. The molecule has 0 aliphatic carbocycles. The maximum Gasteiger partial charge on any atom is 0.251 e. The van der Waals surface area contributed by atoms with Crippen molar-refractivity contribution in [1.82, 2.24) is 25.1 Å². The van der Waals surface area contributed by atoms with Crippen molar-refractivity contribution >= 4 is 17.0 Å². The molecule has 148 valence electrons. The number of carbonyl (C=O) groups is 1. The van der Waals surface area contributed by atoms with Crippen molar-refractivity contribution in [3.8, 4) is 11.4 Å². The number of para-hydroxylation sites is 2. The third-order valence-corrected chi connectivity index (χ3v) is 4.70. The average Bonchev–Trinajstić information content (AvgIpc) is 3.33. The molecule has 0 bridgehead atoms. The summed E-state index contributed by atoms with van der Waals surface area (Å²) in [6.07, 6.45) is 2.20. The molecule has 7 nitrogen and oxygen atoms in total. The predicted octanol–water partition coefficient (Wildman–Crippen LogP) is 3.55. The lowest BCUT2D eigenvalue weighted by Crippen LogP contribution is -2.24. The molecule has 0 saturated carbocycles. The summed E-state index contributed by atoms with van der Waals surface area (Å²) in [6.45, 7) is 2.57. The van der Waals surface area contributed by atoms with Crippen molar-refractivity contribution in [3.63, 3.8) is 0 Å². The van der Waals surface area contributed by atoms with E-state index in [4.69, 9.17) is 4.42 Å². The van der Waals surface area contributed by atoms with Crippen LogP contribution in [0.2, 0.25) is 0 Å². The Morgan fingerprint density at radius 1 is 1.14 bits per heavy atom. The van der Waals surface area contributed by atoms with Gasteiger partial charge in [0.15, 0.2) is 23.1 Å². The molecule has 1 amide bonds. The normalized spacial score (nSPS) is 11.1. The van der Waals surface area contributed by atoms with Gasteiger partial charge in [0, 0.05) is 37.6 Å². The second-order valence-corrected chi connectivity index (χ2v) is 6.84. The lowest BCUT2D eigenvalue weighted by molar-refractivity contribution is 0.0953. The summed E-state index contributed by atoms with van der Waals surface area (Å²) in [7, 11) is 1.86. The maximum absolute atomic E-state index is 12.5. The van der Waals surface area contributed by atoms with E-state index in [-0.39, 0.29) is 5.91 Å². The van der Waals surface area contributed by atoms with Crippen LogP contribution < -0.4 is 5.32 Å². The van der Waals surface area contributed by atoms with Crippen molar-refractivity contribution in [3.05, 3.63) is 65.8 Å². The molecule has 2 heterocycles. The fraction of sp³-hybridized carbons (Fsp3) is 0.273. The van der Waals surface area contributed by atoms with Gasteiger partial charge in [-0.15, -0.1) is 0 Å². The van der Waals surface area contributed by atoms with E-state index in [1.807, 2.05) is 56.4 Å². The van der Waals surface area contributed by atoms with E-state index in [1.165, 1.54) is 0 Å². The number of carbonyl (C=O) groups excluding carboxylic acids is 1. The predicted molar refractivity (Wildman–Crippen MR) is 110 cm³/mol. The van der Waals surface area contributed by atoms with Crippen molar-refractivity contribution in [2.45, 2.75) is 26.2 Å². The van der Waals surface area contributed by atoms with Crippen molar-refractivity contribution in [2.24, 2.45) is 7.05 Å². The molecule has 0 aliphatic rings. The zero-order valence-electron chi connectivity index (χ0n) is 16.6. The molecule has 2 aromatic heterocycles. The molecule has 2 aromatic carbocycles. The molecule has 0 unspecified atom stereocenters. The SMILES string of the molecule is CCc1nc(-c2cccc(C(=O)NCCCc3nc4ccccc4o3)c2)n(C)n1. The molecule has 4 aromatic rings. The van der Waals surface area contributed by atoms with Gasteiger partial charge in [0.1, 0.15) is 5.52 Å². The van der Waals surface area contributed by atoms with Gasteiger partial charge in [0.2, 0.25) is 0 Å². The van der Waals surface area contributed by atoms with Crippen molar-refractivity contribution in [1.29, 1.82) is 0 Å². The summed E-state index contributed by atoms with van der Waals surface area (Å²) in [5.74, 6) is 2.13. The number of aryl methyl sites for hydroxylation is 3. The third kappa shape index (κ3) is 4.18. The molecule has 0 aliphatic heterocycles. The van der Waals surface area contributed by atoms with Gasteiger partial charge in [-0.1, -0.05) is 31.2 Å². The number of benzene rings is 2. The second kappa shape index (κ2) is 8.26. The van der Waals surface area contributed by atoms with Crippen molar-refractivity contribution in [2.75, 3.05) is 6.54 Å². The number of hydrogen-bond donors (Lipinski definition) is 1. The maximum atomic E-state index is 12.5. The molecule has 0 fully saturated rings. The topological polar surface area (TPSA) is 85.8 Å². The summed E-state index contributed by atoms with van der Waals surface area (Å²) in [5.41, 5.74) is 3.13. The highest BCUT2D eigenvalue weighted by Crippen LogP contribution is 2.19. The van der Waals surface area contributed by atoms with Gasteiger partial charge in [-0.3, -0.25) is 4.79 Å². The smallest absolute Gasteiger partial charge is 0.251 e. The zero-order chi connectivity index (χ0) is 20.2. The minimum Gasteiger partial charge on any atom is -0.441 e. The standard InChI is InChI=1S/C22H23N5O2/c1-3-19-25-21(27(2)26-19)15-8-6-9-16(14-15)22(28)23-13-7-12-20-24-17-10-4-5-11-18(17)29-20/h4-6,8-11,14H,3,7,12-13H2,1-2H3,(H,23,28). The fourth-order valence-corrected chi connectivity index (χ4v) is 3.21. The first-order valence-corrected chi connectivity index (χ1v) is 9.77. The quantitative estimate of drug-likeness (QED) is 0.489. The number of rotatable bonds is 7. The average molecular weight is 389 g/mol. The number of fused-ring (bicyclic) bond motifs is 1. The molecular formula is C22H23N5O2. The van der Waals surface area contributed by atoms with E-state index in [0.717, 1.165) is 41.2 Å². The Kier molecular flexibility index (Phi) is 5.37. The first-order valence-electron chi connectivity index (χ1n) is 9.77. The number of hydrogen-bond acceptors (Lipinski definition) is 5. The highest BCUT2D eigenvalue weighted by atomic mass is 16.3. The number of nitrogens with one attached hydrogen (secondary N) is 1. The zero-order valence-corrected chi connectivity index (χ0v) is 16.6. The summed E-state index contributed by atoms with van der Waals surface area (Å²) >= 11 is 0. The Labute approximate surface area is 168 Å². The molecule has 0 spiro atoms. The number of nitrogens with zero attached hydrogens (tertiary/aromatic N) is 4. The lowest BCUT2D eigenvalue weighted by Gasteiger charge is -2.06. The van der Waals surface area contributed by atoms with E-state index in [1.54, 1.807) is 10.7 Å². The van der Waals surface area contributed by atoms with Crippen LogP contribution in [-0.2, 0) is 19.9 Å². The van der Waals surface area contributed by atoms with E-state index >= 15 is 0 Å². The minimum atomic E-state index is -0.109. The van der Waals surface area contributed by atoms with Gasteiger partial charge in [0.05, 0.1) is 0 Å². The Balaban J connectivity index is 1.35. The summed E-state index contributed by atoms with van der Waals surface area (Å²) in [6, 6.07) is 15.1. The van der Waals surface area contributed by atoms with Crippen molar-refractivity contribution < 1.29 is 9.21 Å². The highest BCUT2D eigenvalue weighted by molar-refractivity contribution is 5.95.